The monoisotopic (exact) mass is 385 g/mol. The second kappa shape index (κ2) is 6.16. The maximum Gasteiger partial charge on any atom is 0.318 e. The van der Waals surface area contributed by atoms with E-state index in [0.29, 0.717) is 16.3 Å². The van der Waals surface area contributed by atoms with E-state index in [1.54, 1.807) is 25.1 Å². The molecule has 6 nitrogen and oxygen atoms in total. The molecule has 140 valence electrons. The number of urea groups is 1. The van der Waals surface area contributed by atoms with E-state index in [0.717, 1.165) is 16.8 Å². The molecule has 3 N–H and O–H groups in total. The second-order valence-electron chi connectivity index (χ2n) is 7.25. The van der Waals surface area contributed by atoms with E-state index < -0.39 is 17.7 Å². The van der Waals surface area contributed by atoms with Crippen LogP contribution in [0.3, 0.4) is 0 Å². The van der Waals surface area contributed by atoms with E-state index in [1.165, 1.54) is 0 Å². The summed E-state index contributed by atoms with van der Waals surface area (Å²) < 4.78 is 6.05. The Morgan fingerprint density at radius 1 is 1.22 bits per heavy atom. The molecule has 2 aliphatic heterocycles. The lowest BCUT2D eigenvalue weighted by Crippen LogP contribution is -2.70. The first-order chi connectivity index (χ1) is 12.8. The molecule has 0 aromatic heterocycles. The molecule has 0 aliphatic carbocycles. The molecule has 3 amide bonds. The number of aryl methyl sites for hydroxylation is 2. The van der Waals surface area contributed by atoms with Crippen LogP contribution >= 0.6 is 11.6 Å². The number of amides is 3. The Kier molecular flexibility index (Phi) is 4.03. The van der Waals surface area contributed by atoms with E-state index in [9.17, 15) is 9.59 Å². The highest BCUT2D eigenvalue weighted by molar-refractivity contribution is 6.30. The van der Waals surface area contributed by atoms with Gasteiger partial charge < -0.3 is 15.4 Å². The molecule has 2 aromatic carbocycles. The van der Waals surface area contributed by atoms with E-state index in [-0.39, 0.29) is 11.9 Å². The maximum absolute atomic E-state index is 13.2. The van der Waals surface area contributed by atoms with Gasteiger partial charge in [-0.2, -0.15) is 0 Å². The quantitative estimate of drug-likeness (QED) is 0.737. The molecule has 27 heavy (non-hydrogen) atoms. The van der Waals surface area contributed by atoms with Crippen LogP contribution in [0.25, 0.3) is 0 Å². The summed E-state index contributed by atoms with van der Waals surface area (Å²) in [5.41, 5.74) is 2.34. The fourth-order valence-electron chi connectivity index (χ4n) is 3.88. The van der Waals surface area contributed by atoms with Crippen LogP contribution in [0.2, 0.25) is 5.02 Å². The van der Waals surface area contributed by atoms with Gasteiger partial charge in [-0.05, 0) is 50.6 Å². The van der Waals surface area contributed by atoms with Crippen molar-refractivity contribution in [3.63, 3.8) is 0 Å². The first-order valence-electron chi connectivity index (χ1n) is 8.72. The van der Waals surface area contributed by atoms with Gasteiger partial charge in [-0.3, -0.25) is 10.1 Å². The minimum atomic E-state index is -1.17. The number of carbonyl (C=O) groups is 2. The Bertz CT molecular complexity index is 961. The number of hydrogen-bond donors (Lipinski definition) is 3. The standard InChI is InChI=1S/C20H20ClN3O3/c1-10-4-6-14(11(2)8-10)22-18(25)16-17-13-9-12(21)5-7-15(13)27-20(16,3)24-19(26)23-17/h4-9,16-17H,1-3H3,(H,22,25)(H2,23,24,26). The number of fused-ring (bicyclic) bond motifs is 4. The average Bonchev–Trinajstić information content (AvgIpc) is 2.57. The minimum absolute atomic E-state index is 0.243. The predicted octanol–water partition coefficient (Wildman–Crippen LogP) is 3.67. The Labute approximate surface area is 162 Å². The van der Waals surface area contributed by atoms with Crippen molar-refractivity contribution in [3.05, 3.63) is 58.1 Å². The molecular formula is C20H20ClN3O3. The Morgan fingerprint density at radius 3 is 2.74 bits per heavy atom. The zero-order chi connectivity index (χ0) is 19.3. The highest BCUT2D eigenvalue weighted by Gasteiger charge is 2.55. The van der Waals surface area contributed by atoms with Crippen molar-refractivity contribution >= 4 is 29.2 Å². The number of rotatable bonds is 2. The molecule has 3 atom stereocenters. The van der Waals surface area contributed by atoms with E-state index in [4.69, 9.17) is 16.3 Å². The SMILES string of the molecule is Cc1ccc(NC(=O)C2C3NC(=O)NC2(C)Oc2ccc(Cl)cc23)c(C)c1. The molecule has 1 fully saturated rings. The summed E-state index contributed by atoms with van der Waals surface area (Å²) in [7, 11) is 0. The number of benzene rings is 2. The van der Waals surface area contributed by atoms with Gasteiger partial charge in [0.1, 0.15) is 11.7 Å². The van der Waals surface area contributed by atoms with E-state index >= 15 is 0 Å². The van der Waals surface area contributed by atoms with Gasteiger partial charge in [0.25, 0.3) is 0 Å². The first kappa shape index (κ1) is 17.7. The predicted molar refractivity (Wildman–Crippen MR) is 103 cm³/mol. The van der Waals surface area contributed by atoms with Gasteiger partial charge in [0.2, 0.25) is 5.91 Å². The third kappa shape index (κ3) is 3.00. The molecule has 0 saturated carbocycles. The molecule has 2 heterocycles. The van der Waals surface area contributed by atoms with E-state index in [1.807, 2.05) is 32.0 Å². The van der Waals surface area contributed by atoms with Gasteiger partial charge in [-0.1, -0.05) is 29.3 Å². The summed E-state index contributed by atoms with van der Waals surface area (Å²) in [5.74, 6) is -0.329. The van der Waals surface area contributed by atoms with Gasteiger partial charge in [0.05, 0.1) is 6.04 Å². The molecule has 3 unspecified atom stereocenters. The van der Waals surface area contributed by atoms with Gasteiger partial charge >= 0.3 is 6.03 Å². The summed E-state index contributed by atoms with van der Waals surface area (Å²) in [6.45, 7) is 5.65. The van der Waals surface area contributed by atoms with Gasteiger partial charge in [-0.25, -0.2) is 4.79 Å². The van der Waals surface area contributed by atoms with Gasteiger partial charge in [0, 0.05) is 16.3 Å². The highest BCUT2D eigenvalue weighted by Crippen LogP contribution is 2.45. The fraction of sp³-hybridized carbons (Fsp3) is 0.300. The van der Waals surface area contributed by atoms with Crippen LogP contribution in [0.4, 0.5) is 10.5 Å². The van der Waals surface area contributed by atoms with Crippen LogP contribution in [0.5, 0.6) is 5.75 Å². The molecule has 2 bridgehead atoms. The lowest BCUT2D eigenvalue weighted by molar-refractivity contribution is -0.133. The number of carbonyl (C=O) groups excluding carboxylic acids is 2. The zero-order valence-corrected chi connectivity index (χ0v) is 16.0. The lowest BCUT2D eigenvalue weighted by Gasteiger charge is -2.49. The van der Waals surface area contributed by atoms with Crippen molar-refractivity contribution < 1.29 is 14.3 Å². The molecule has 4 rings (SSSR count). The molecule has 0 spiro atoms. The summed E-state index contributed by atoms with van der Waals surface area (Å²) in [6, 6.07) is 10.1. The highest BCUT2D eigenvalue weighted by atomic mass is 35.5. The van der Waals surface area contributed by atoms with Crippen molar-refractivity contribution in [1.29, 1.82) is 0 Å². The third-order valence-electron chi connectivity index (χ3n) is 5.13. The molecule has 1 saturated heterocycles. The van der Waals surface area contributed by atoms with Crippen molar-refractivity contribution in [1.82, 2.24) is 10.6 Å². The van der Waals surface area contributed by atoms with Gasteiger partial charge in [-0.15, -0.1) is 0 Å². The number of nitrogens with one attached hydrogen (secondary N) is 3. The number of ether oxygens (including phenoxy) is 1. The van der Waals surface area contributed by atoms with Crippen molar-refractivity contribution in [3.8, 4) is 5.75 Å². The molecule has 2 aliphatic rings. The van der Waals surface area contributed by atoms with Crippen LogP contribution < -0.4 is 20.7 Å². The van der Waals surface area contributed by atoms with E-state index in [2.05, 4.69) is 16.0 Å². The zero-order valence-electron chi connectivity index (χ0n) is 15.2. The van der Waals surface area contributed by atoms with Crippen LogP contribution in [-0.2, 0) is 4.79 Å². The minimum Gasteiger partial charge on any atom is -0.467 e. The smallest absolute Gasteiger partial charge is 0.318 e. The number of anilines is 1. The normalized spacial score (nSPS) is 25.6. The summed E-state index contributed by atoms with van der Waals surface area (Å²) >= 11 is 6.13. The first-order valence-corrected chi connectivity index (χ1v) is 9.10. The summed E-state index contributed by atoms with van der Waals surface area (Å²) in [4.78, 5) is 25.3. The Balaban J connectivity index is 1.73. The van der Waals surface area contributed by atoms with Crippen LogP contribution in [0.1, 0.15) is 29.7 Å². The molecule has 7 heteroatoms. The van der Waals surface area contributed by atoms with Crippen LogP contribution in [0.15, 0.2) is 36.4 Å². The van der Waals surface area contributed by atoms with Crippen LogP contribution in [0, 0.1) is 19.8 Å². The maximum atomic E-state index is 13.2. The Hall–Kier alpha value is -2.73. The van der Waals surface area contributed by atoms with Crippen molar-refractivity contribution in [2.24, 2.45) is 5.92 Å². The lowest BCUT2D eigenvalue weighted by atomic mass is 9.79. The van der Waals surface area contributed by atoms with Crippen LogP contribution in [-0.4, -0.2) is 17.7 Å². The van der Waals surface area contributed by atoms with Crippen molar-refractivity contribution in [2.45, 2.75) is 32.5 Å². The number of halogens is 1. The van der Waals surface area contributed by atoms with Gasteiger partial charge in [0.15, 0.2) is 5.72 Å². The topological polar surface area (TPSA) is 79.5 Å². The fourth-order valence-corrected chi connectivity index (χ4v) is 4.06. The summed E-state index contributed by atoms with van der Waals surface area (Å²) in [6.07, 6.45) is 0. The number of hydrogen-bond acceptors (Lipinski definition) is 3. The summed E-state index contributed by atoms with van der Waals surface area (Å²) in [5, 5.41) is 9.10. The molecule has 0 radical (unpaired) electrons. The second-order valence-corrected chi connectivity index (χ2v) is 7.69. The average molecular weight is 386 g/mol. The van der Waals surface area contributed by atoms with Crippen molar-refractivity contribution in [2.75, 3.05) is 5.32 Å². The largest absolute Gasteiger partial charge is 0.467 e. The third-order valence-corrected chi connectivity index (χ3v) is 5.36. The Morgan fingerprint density at radius 2 is 2.00 bits per heavy atom. The molecular weight excluding hydrogens is 366 g/mol. The molecule has 2 aromatic rings.